The minimum Gasteiger partial charge on any atom is -0.481 e. The highest BCUT2D eigenvalue weighted by Gasteiger charge is 2.31. The van der Waals surface area contributed by atoms with E-state index in [2.05, 4.69) is 12.1 Å². The Balaban J connectivity index is 1.86. The van der Waals surface area contributed by atoms with E-state index in [0.29, 0.717) is 22.2 Å². The molecule has 0 unspecified atom stereocenters. The molecule has 1 aliphatic rings. The van der Waals surface area contributed by atoms with Gasteiger partial charge in [0.2, 0.25) is 0 Å². The Morgan fingerprint density at radius 2 is 2.00 bits per heavy atom. The maximum Gasteiger partial charge on any atom is 0.303 e. The van der Waals surface area contributed by atoms with Gasteiger partial charge in [0.05, 0.1) is 4.91 Å². The van der Waals surface area contributed by atoms with Crippen molar-refractivity contribution in [1.82, 2.24) is 4.90 Å². The van der Waals surface area contributed by atoms with Crippen LogP contribution < -0.4 is 0 Å². The van der Waals surface area contributed by atoms with Gasteiger partial charge in [0.15, 0.2) is 0 Å². The molecule has 0 aromatic heterocycles. The van der Waals surface area contributed by atoms with Crippen molar-refractivity contribution in [3.05, 3.63) is 64.6 Å². The average molecular weight is 398 g/mol. The first-order valence-electron chi connectivity index (χ1n) is 8.59. The topological polar surface area (TPSA) is 57.6 Å². The third-order valence-corrected chi connectivity index (χ3v) is 5.60. The number of aliphatic carboxylic acids is 1. The van der Waals surface area contributed by atoms with E-state index in [4.69, 9.17) is 17.3 Å². The number of hydrogen-bond donors (Lipinski definition) is 1. The summed E-state index contributed by atoms with van der Waals surface area (Å²) in [5.74, 6) is -1.03. The molecule has 2 aromatic rings. The lowest BCUT2D eigenvalue weighted by atomic mass is 9.98. The number of benzene rings is 2. The number of hydrogen-bond acceptors (Lipinski definition) is 4. The van der Waals surface area contributed by atoms with Crippen LogP contribution in [0.3, 0.4) is 0 Å². The van der Waals surface area contributed by atoms with E-state index in [1.807, 2.05) is 49.4 Å². The van der Waals surface area contributed by atoms with Crippen molar-refractivity contribution in [3.63, 3.8) is 0 Å². The first kappa shape index (κ1) is 19.3. The number of carboxylic acid groups (broad SMARTS) is 1. The largest absolute Gasteiger partial charge is 0.481 e. The van der Waals surface area contributed by atoms with Crippen LogP contribution in [0.4, 0.5) is 0 Å². The molecule has 3 rings (SSSR count). The highest BCUT2D eigenvalue weighted by molar-refractivity contribution is 8.26. The summed E-state index contributed by atoms with van der Waals surface area (Å²) in [6, 6.07) is 16.2. The van der Waals surface area contributed by atoms with Crippen LogP contribution in [0, 0.1) is 6.92 Å². The molecule has 0 spiro atoms. The van der Waals surface area contributed by atoms with Gasteiger partial charge in [0.25, 0.3) is 5.91 Å². The second kappa shape index (κ2) is 8.50. The fourth-order valence-corrected chi connectivity index (χ4v) is 4.22. The molecule has 0 saturated carbocycles. The molecule has 1 N–H and O–H groups in total. The number of carbonyl (C=O) groups is 2. The number of thiocarbonyl (C=S) groups is 1. The van der Waals surface area contributed by atoms with Crippen LogP contribution >= 0.6 is 24.0 Å². The van der Waals surface area contributed by atoms with Crippen molar-refractivity contribution in [2.24, 2.45) is 0 Å². The smallest absolute Gasteiger partial charge is 0.303 e. The summed E-state index contributed by atoms with van der Waals surface area (Å²) in [6.45, 7) is 2.38. The van der Waals surface area contributed by atoms with Gasteiger partial charge >= 0.3 is 5.97 Å². The Bertz CT molecular complexity index is 937. The van der Waals surface area contributed by atoms with E-state index < -0.39 is 5.97 Å². The highest BCUT2D eigenvalue weighted by Crippen LogP contribution is 2.35. The summed E-state index contributed by atoms with van der Waals surface area (Å²) < 4.78 is 0.477. The molecule has 4 nitrogen and oxygen atoms in total. The van der Waals surface area contributed by atoms with E-state index in [1.54, 1.807) is 0 Å². The first-order chi connectivity index (χ1) is 13.0. The van der Waals surface area contributed by atoms with Crippen molar-refractivity contribution in [2.45, 2.75) is 19.8 Å². The second-order valence-electron chi connectivity index (χ2n) is 6.29. The molecule has 0 bridgehead atoms. The van der Waals surface area contributed by atoms with Gasteiger partial charge in [-0.2, -0.15) is 0 Å². The fraction of sp³-hybridized carbons (Fsp3) is 0.190. The summed E-state index contributed by atoms with van der Waals surface area (Å²) in [6.07, 6.45) is 2.27. The lowest BCUT2D eigenvalue weighted by molar-refractivity contribution is -0.137. The van der Waals surface area contributed by atoms with Gasteiger partial charge < -0.3 is 5.11 Å². The molecule has 0 radical (unpaired) electrons. The van der Waals surface area contributed by atoms with Gasteiger partial charge in [-0.05, 0) is 36.1 Å². The highest BCUT2D eigenvalue weighted by atomic mass is 32.2. The van der Waals surface area contributed by atoms with Crippen molar-refractivity contribution >= 4 is 46.3 Å². The number of carbonyl (C=O) groups excluding carboxylic acids is 1. The molecule has 138 valence electrons. The zero-order valence-electron chi connectivity index (χ0n) is 14.8. The molecular formula is C21H19NO3S2. The molecule has 0 aliphatic carbocycles. The second-order valence-corrected chi connectivity index (χ2v) is 7.96. The molecule has 27 heavy (non-hydrogen) atoms. The van der Waals surface area contributed by atoms with Crippen molar-refractivity contribution in [2.75, 3.05) is 6.54 Å². The Morgan fingerprint density at radius 1 is 1.22 bits per heavy atom. The Labute approximate surface area is 167 Å². The summed E-state index contributed by atoms with van der Waals surface area (Å²) >= 11 is 6.58. The molecule has 0 atom stereocenters. The minimum atomic E-state index is -0.872. The van der Waals surface area contributed by atoms with Crippen molar-refractivity contribution in [3.8, 4) is 11.1 Å². The van der Waals surface area contributed by atoms with E-state index >= 15 is 0 Å². The van der Waals surface area contributed by atoms with Crippen LogP contribution in [0.5, 0.6) is 0 Å². The molecule has 1 fully saturated rings. The van der Waals surface area contributed by atoms with E-state index in [1.165, 1.54) is 22.2 Å². The normalized spacial score (nSPS) is 15.6. The van der Waals surface area contributed by atoms with Gasteiger partial charge in [-0.25, -0.2) is 0 Å². The van der Waals surface area contributed by atoms with Crippen LogP contribution in [-0.4, -0.2) is 32.7 Å². The van der Waals surface area contributed by atoms with Gasteiger partial charge in [-0.1, -0.05) is 78.1 Å². The SMILES string of the molecule is Cc1cccc(-c2ccccc2/C=C2\SC(=S)N(CCCC(=O)O)C2=O)c1. The minimum absolute atomic E-state index is 0.0201. The molecule has 6 heteroatoms. The standard InChI is InChI=1S/C21H19NO3S2/c1-14-6-4-8-15(12-14)17-9-3-2-7-16(17)13-18-20(25)22(21(26)27-18)11-5-10-19(23)24/h2-4,6-9,12-13H,5,10-11H2,1H3,(H,23,24)/b18-13-. The molecule has 1 aliphatic heterocycles. The molecule has 2 aromatic carbocycles. The molecule has 1 amide bonds. The van der Waals surface area contributed by atoms with Crippen LogP contribution in [-0.2, 0) is 9.59 Å². The van der Waals surface area contributed by atoms with Crippen LogP contribution in [0.25, 0.3) is 17.2 Å². The summed E-state index contributed by atoms with van der Waals surface area (Å²) in [5, 5.41) is 8.77. The summed E-state index contributed by atoms with van der Waals surface area (Å²) in [5.41, 5.74) is 4.28. The lowest BCUT2D eigenvalue weighted by Gasteiger charge is -2.13. The Hall–Kier alpha value is -2.44. The van der Waals surface area contributed by atoms with Crippen molar-refractivity contribution < 1.29 is 14.7 Å². The zero-order valence-corrected chi connectivity index (χ0v) is 16.5. The third kappa shape index (κ3) is 4.64. The average Bonchev–Trinajstić information content (AvgIpc) is 2.89. The van der Waals surface area contributed by atoms with E-state index in [-0.39, 0.29) is 12.3 Å². The first-order valence-corrected chi connectivity index (χ1v) is 9.81. The Kier molecular flexibility index (Phi) is 6.08. The molecule has 1 heterocycles. The molecule has 1 saturated heterocycles. The number of thioether (sulfide) groups is 1. The van der Waals surface area contributed by atoms with Crippen LogP contribution in [0.15, 0.2) is 53.4 Å². The van der Waals surface area contributed by atoms with Crippen molar-refractivity contribution in [1.29, 1.82) is 0 Å². The van der Waals surface area contributed by atoms with Crippen LogP contribution in [0.1, 0.15) is 24.0 Å². The monoisotopic (exact) mass is 397 g/mol. The lowest BCUT2D eigenvalue weighted by Crippen LogP contribution is -2.29. The molecular weight excluding hydrogens is 378 g/mol. The predicted molar refractivity (Wildman–Crippen MR) is 113 cm³/mol. The number of amides is 1. The van der Waals surface area contributed by atoms with Gasteiger partial charge in [-0.3, -0.25) is 14.5 Å². The third-order valence-electron chi connectivity index (χ3n) is 4.22. The number of carboxylic acids is 1. The maximum absolute atomic E-state index is 12.7. The van der Waals surface area contributed by atoms with E-state index in [0.717, 1.165) is 16.7 Å². The van der Waals surface area contributed by atoms with Gasteiger partial charge in [0, 0.05) is 13.0 Å². The maximum atomic E-state index is 12.7. The zero-order chi connectivity index (χ0) is 19.4. The Morgan fingerprint density at radius 3 is 2.74 bits per heavy atom. The van der Waals surface area contributed by atoms with Gasteiger partial charge in [0.1, 0.15) is 4.32 Å². The summed E-state index contributed by atoms with van der Waals surface area (Å²) in [7, 11) is 0. The predicted octanol–water partition coefficient (Wildman–Crippen LogP) is 4.73. The van der Waals surface area contributed by atoms with E-state index in [9.17, 15) is 9.59 Å². The number of nitrogens with zero attached hydrogens (tertiary/aromatic N) is 1. The number of rotatable bonds is 6. The fourth-order valence-electron chi connectivity index (χ4n) is 2.92. The van der Waals surface area contributed by atoms with Crippen LogP contribution in [0.2, 0.25) is 0 Å². The quantitative estimate of drug-likeness (QED) is 0.564. The van der Waals surface area contributed by atoms with Gasteiger partial charge in [-0.15, -0.1) is 0 Å². The summed E-state index contributed by atoms with van der Waals surface area (Å²) in [4.78, 5) is 25.4. The number of aryl methyl sites for hydroxylation is 1.